The maximum atomic E-state index is 4.41. The van der Waals surface area contributed by atoms with Gasteiger partial charge in [0.05, 0.1) is 6.67 Å². The predicted molar refractivity (Wildman–Crippen MR) is 158 cm³/mol. The van der Waals surface area contributed by atoms with Crippen LogP contribution < -0.4 is 0 Å². The second-order valence-electron chi connectivity index (χ2n) is 10.4. The lowest BCUT2D eigenvalue weighted by molar-refractivity contribution is 0.171. The number of hydrogen-bond acceptors (Lipinski definition) is 3. The van der Waals surface area contributed by atoms with Crippen LogP contribution in [0.1, 0.15) is 27.8 Å². The van der Waals surface area contributed by atoms with Gasteiger partial charge in [-0.05, 0) is 72.0 Å². The molecule has 0 fully saturated rings. The Morgan fingerprint density at radius 2 is 1.62 bits per heavy atom. The zero-order valence-electron chi connectivity index (χ0n) is 22.1. The first-order chi connectivity index (χ1) is 18.2. The molecule has 0 radical (unpaired) electrons. The first-order valence-electron chi connectivity index (χ1n) is 13.3. The molecule has 188 valence electrons. The molecular formula is C34H37N3. The first-order valence-corrected chi connectivity index (χ1v) is 13.3. The highest BCUT2D eigenvalue weighted by Gasteiger charge is 2.16. The van der Waals surface area contributed by atoms with Gasteiger partial charge in [0.15, 0.2) is 0 Å². The third-order valence-electron chi connectivity index (χ3n) is 7.18. The minimum absolute atomic E-state index is 0.504. The van der Waals surface area contributed by atoms with E-state index in [2.05, 4.69) is 132 Å². The van der Waals surface area contributed by atoms with Gasteiger partial charge < -0.3 is 0 Å². The summed E-state index contributed by atoms with van der Waals surface area (Å²) in [5.41, 5.74) is 9.52. The van der Waals surface area contributed by atoms with Crippen LogP contribution in [0.3, 0.4) is 0 Å². The lowest BCUT2D eigenvalue weighted by Gasteiger charge is -2.26. The minimum atomic E-state index is 0.504. The number of rotatable bonds is 9. The summed E-state index contributed by atoms with van der Waals surface area (Å²) in [6, 6.07) is 24.5. The standard InChI is InChI=1S/C34H37N3/c1-36(24-28-10-5-3-6-11-28)26-37(2)25-31-19-20-33(34-14-8-4-7-13-32(31)34)30-17-15-27(16-18-30)22-29-12-9-21-35-23-29/h3-12,14-21,29H,13,22-26H2,1-2H3. The summed E-state index contributed by atoms with van der Waals surface area (Å²) in [4.78, 5) is 9.19. The molecule has 1 heterocycles. The van der Waals surface area contributed by atoms with Crippen molar-refractivity contribution in [3.8, 4) is 11.1 Å². The Hall–Kier alpha value is -3.53. The molecule has 0 saturated carbocycles. The summed E-state index contributed by atoms with van der Waals surface area (Å²) >= 11 is 0. The molecule has 3 heteroatoms. The van der Waals surface area contributed by atoms with Gasteiger partial charge in [-0.3, -0.25) is 14.8 Å². The quantitative estimate of drug-likeness (QED) is 0.309. The molecule has 0 saturated heterocycles. The van der Waals surface area contributed by atoms with Crippen molar-refractivity contribution in [1.82, 2.24) is 9.80 Å². The van der Waals surface area contributed by atoms with E-state index >= 15 is 0 Å². The fourth-order valence-corrected chi connectivity index (χ4v) is 5.44. The van der Waals surface area contributed by atoms with Gasteiger partial charge in [-0.15, -0.1) is 0 Å². The Morgan fingerprint density at radius 1 is 0.811 bits per heavy atom. The molecular weight excluding hydrogens is 450 g/mol. The van der Waals surface area contributed by atoms with Crippen molar-refractivity contribution in [1.29, 1.82) is 0 Å². The molecule has 5 rings (SSSR count). The van der Waals surface area contributed by atoms with Gasteiger partial charge in [0.2, 0.25) is 0 Å². The van der Waals surface area contributed by atoms with Gasteiger partial charge in [-0.2, -0.15) is 0 Å². The zero-order valence-corrected chi connectivity index (χ0v) is 22.1. The molecule has 0 spiro atoms. The summed E-state index contributed by atoms with van der Waals surface area (Å²) in [6.07, 6.45) is 17.2. The van der Waals surface area contributed by atoms with Crippen molar-refractivity contribution in [3.05, 3.63) is 125 Å². The van der Waals surface area contributed by atoms with E-state index in [1.165, 1.54) is 38.9 Å². The van der Waals surface area contributed by atoms with Crippen molar-refractivity contribution in [2.24, 2.45) is 10.9 Å². The molecule has 1 aliphatic heterocycles. The van der Waals surface area contributed by atoms with E-state index in [4.69, 9.17) is 0 Å². The Kier molecular flexibility index (Phi) is 8.25. The first kappa shape index (κ1) is 25.1. The number of allylic oxidation sites excluding steroid dienone is 4. The second kappa shape index (κ2) is 12.1. The van der Waals surface area contributed by atoms with Crippen LogP contribution in [0.25, 0.3) is 17.2 Å². The van der Waals surface area contributed by atoms with Crippen molar-refractivity contribution >= 4 is 12.3 Å². The van der Waals surface area contributed by atoms with E-state index in [0.29, 0.717) is 5.92 Å². The molecule has 1 atom stereocenters. The largest absolute Gasteiger partial charge is 0.293 e. The molecule has 37 heavy (non-hydrogen) atoms. The molecule has 1 unspecified atom stereocenters. The van der Waals surface area contributed by atoms with E-state index in [-0.39, 0.29) is 0 Å². The third kappa shape index (κ3) is 6.62. The molecule has 3 aromatic rings. The van der Waals surface area contributed by atoms with Crippen LogP contribution in [0.15, 0.2) is 102 Å². The van der Waals surface area contributed by atoms with Gasteiger partial charge in [0.25, 0.3) is 0 Å². The van der Waals surface area contributed by atoms with Gasteiger partial charge in [0, 0.05) is 31.8 Å². The maximum Gasteiger partial charge on any atom is 0.0507 e. The number of benzene rings is 3. The van der Waals surface area contributed by atoms with Crippen LogP contribution in [0.5, 0.6) is 0 Å². The normalized spacial score (nSPS) is 16.4. The van der Waals surface area contributed by atoms with Gasteiger partial charge in [-0.25, -0.2) is 0 Å². The van der Waals surface area contributed by atoms with Crippen LogP contribution in [-0.4, -0.2) is 43.3 Å². The van der Waals surface area contributed by atoms with Crippen molar-refractivity contribution in [2.45, 2.75) is 25.9 Å². The average Bonchev–Trinajstić information content (AvgIpc) is 3.17. The van der Waals surface area contributed by atoms with Crippen molar-refractivity contribution in [2.75, 3.05) is 27.3 Å². The number of dihydropyridines is 1. The van der Waals surface area contributed by atoms with Gasteiger partial charge >= 0.3 is 0 Å². The SMILES string of the molecule is CN(Cc1ccccc1)CN(C)Cc1ccc(-c2ccc(CC3C=CC=NC3)cc2)c2c1CC=CC=C2. The fourth-order valence-electron chi connectivity index (χ4n) is 5.44. The summed E-state index contributed by atoms with van der Waals surface area (Å²) in [5, 5.41) is 0. The van der Waals surface area contributed by atoms with Crippen LogP contribution in [0.4, 0.5) is 0 Å². The Morgan fingerprint density at radius 3 is 2.41 bits per heavy atom. The van der Waals surface area contributed by atoms with Crippen LogP contribution in [-0.2, 0) is 25.9 Å². The molecule has 3 nitrogen and oxygen atoms in total. The van der Waals surface area contributed by atoms with Crippen LogP contribution in [0, 0.1) is 5.92 Å². The number of fused-ring (bicyclic) bond motifs is 1. The topological polar surface area (TPSA) is 18.8 Å². The van der Waals surface area contributed by atoms with E-state index in [1.807, 2.05) is 6.21 Å². The number of nitrogens with zero attached hydrogens (tertiary/aromatic N) is 3. The summed E-state index contributed by atoms with van der Waals surface area (Å²) in [5.74, 6) is 0.504. The predicted octanol–water partition coefficient (Wildman–Crippen LogP) is 6.80. The Balaban J connectivity index is 1.31. The Bertz CT molecular complexity index is 1300. The van der Waals surface area contributed by atoms with E-state index in [9.17, 15) is 0 Å². The highest BCUT2D eigenvalue weighted by molar-refractivity contribution is 5.79. The molecule has 0 bridgehead atoms. The van der Waals surface area contributed by atoms with Crippen molar-refractivity contribution in [3.63, 3.8) is 0 Å². The average molecular weight is 488 g/mol. The van der Waals surface area contributed by atoms with E-state index in [1.54, 1.807) is 0 Å². The molecule has 0 amide bonds. The minimum Gasteiger partial charge on any atom is -0.293 e. The molecule has 1 aliphatic carbocycles. The zero-order chi connectivity index (χ0) is 25.5. The Labute approximate surface area is 222 Å². The van der Waals surface area contributed by atoms with E-state index in [0.717, 1.165) is 39.1 Å². The van der Waals surface area contributed by atoms with Gasteiger partial charge in [0.1, 0.15) is 0 Å². The summed E-state index contributed by atoms with van der Waals surface area (Å²) < 4.78 is 0. The lowest BCUT2D eigenvalue weighted by Crippen LogP contribution is -2.32. The third-order valence-corrected chi connectivity index (χ3v) is 7.18. The van der Waals surface area contributed by atoms with E-state index < -0.39 is 0 Å². The molecule has 0 aromatic heterocycles. The van der Waals surface area contributed by atoms with Crippen LogP contribution in [0.2, 0.25) is 0 Å². The highest BCUT2D eigenvalue weighted by atomic mass is 15.3. The summed E-state index contributed by atoms with van der Waals surface area (Å²) in [6.45, 7) is 3.69. The lowest BCUT2D eigenvalue weighted by atomic mass is 9.89. The number of aliphatic imine (C=N–C) groups is 1. The number of hydrogen-bond donors (Lipinski definition) is 0. The second-order valence-corrected chi connectivity index (χ2v) is 10.4. The highest BCUT2D eigenvalue weighted by Crippen LogP contribution is 2.32. The maximum absolute atomic E-state index is 4.41. The molecule has 0 N–H and O–H groups in total. The fraction of sp³-hybridized carbons (Fsp3) is 0.265. The summed E-state index contributed by atoms with van der Waals surface area (Å²) in [7, 11) is 4.41. The molecule has 2 aliphatic rings. The molecule has 3 aromatic carbocycles. The van der Waals surface area contributed by atoms with Crippen LogP contribution >= 0.6 is 0 Å². The van der Waals surface area contributed by atoms with Crippen molar-refractivity contribution < 1.29 is 0 Å². The monoisotopic (exact) mass is 487 g/mol. The smallest absolute Gasteiger partial charge is 0.0507 e. The van der Waals surface area contributed by atoms with Gasteiger partial charge in [-0.1, -0.05) is 97.1 Å².